The van der Waals surface area contributed by atoms with Crippen molar-refractivity contribution in [2.24, 2.45) is 34.0 Å². The summed E-state index contributed by atoms with van der Waals surface area (Å²) < 4.78 is 0. The average molecular weight is 424 g/mol. The lowest BCUT2D eigenvalue weighted by atomic mass is 9.75. The van der Waals surface area contributed by atoms with Gasteiger partial charge in [0.15, 0.2) is 11.7 Å². The third-order valence-electron chi connectivity index (χ3n) is 5.70. The van der Waals surface area contributed by atoms with Gasteiger partial charge in [0.2, 0.25) is 17.7 Å². The highest BCUT2D eigenvalue weighted by molar-refractivity contribution is 5.98. The minimum absolute atomic E-state index is 0.0434. The molecule has 2 saturated heterocycles. The van der Waals surface area contributed by atoms with Crippen LogP contribution in [0.1, 0.15) is 45.4 Å². The van der Waals surface area contributed by atoms with Crippen molar-refractivity contribution < 1.29 is 19.2 Å². The Labute approximate surface area is 176 Å². The van der Waals surface area contributed by atoms with Crippen molar-refractivity contribution >= 4 is 29.5 Å². The predicted molar refractivity (Wildman–Crippen MR) is 111 cm³/mol. The molecule has 0 bridgehead atoms. The summed E-state index contributed by atoms with van der Waals surface area (Å²) in [4.78, 5) is 53.8. The molecule has 0 aromatic rings. The van der Waals surface area contributed by atoms with Crippen LogP contribution < -0.4 is 33.2 Å². The molecule has 5 atom stereocenters. The zero-order valence-corrected chi connectivity index (χ0v) is 17.4. The van der Waals surface area contributed by atoms with Crippen LogP contribution in [-0.2, 0) is 19.2 Å². The summed E-state index contributed by atoms with van der Waals surface area (Å²) >= 11 is 0. The number of unbranched alkanes of at least 4 members (excludes halogenated alkanes) is 1. The lowest BCUT2D eigenvalue weighted by Gasteiger charge is -2.37. The van der Waals surface area contributed by atoms with Gasteiger partial charge in [-0.1, -0.05) is 19.8 Å². The molecule has 3 amide bonds. The Bertz CT molecular complexity index is 692. The monoisotopic (exact) mass is 423 g/mol. The summed E-state index contributed by atoms with van der Waals surface area (Å²) in [5.41, 5.74) is 16.0. The number of Topliss-reactive ketones (excluding diaryl/α,β-unsaturated/α-hetero) is 1. The van der Waals surface area contributed by atoms with E-state index in [0.717, 1.165) is 12.8 Å². The molecule has 11 nitrogen and oxygen atoms in total. The van der Waals surface area contributed by atoms with E-state index in [4.69, 9.17) is 17.2 Å². The number of guanidine groups is 1. The number of nitrogens with one attached hydrogen (secondary N) is 3. The number of carbonyl (C=O) groups excluding carboxylic acids is 4. The van der Waals surface area contributed by atoms with E-state index in [1.807, 2.05) is 6.92 Å². The van der Waals surface area contributed by atoms with Gasteiger partial charge in [-0.05, 0) is 25.7 Å². The highest BCUT2D eigenvalue weighted by atomic mass is 16.2. The largest absolute Gasteiger partial charge is 0.370 e. The lowest BCUT2D eigenvalue weighted by molar-refractivity contribution is -0.143. The number of piperazine rings is 1. The molecule has 168 valence electrons. The van der Waals surface area contributed by atoms with Crippen LogP contribution in [0.25, 0.3) is 0 Å². The standard InChI is InChI=1S/C19H33N7O4/c1-2-3-6-12-18(30)26-14(9-24-12)15(27)11-8-13(16(20)28)25-17(29)10(11)5-4-7-23-19(21)22/h10-14,24H,2-9H2,1H3,(H2,20,28)(H,25,29)(H,26,30)(H4,21,22,23)/t10-,11?,12+,13+,14+/m1/s1. The summed E-state index contributed by atoms with van der Waals surface area (Å²) in [6.07, 6.45) is 3.56. The van der Waals surface area contributed by atoms with Crippen LogP contribution in [0.3, 0.4) is 0 Å². The van der Waals surface area contributed by atoms with Gasteiger partial charge in [0.1, 0.15) is 12.1 Å². The van der Waals surface area contributed by atoms with E-state index >= 15 is 0 Å². The van der Waals surface area contributed by atoms with Crippen molar-refractivity contribution in [1.29, 1.82) is 0 Å². The molecule has 2 aliphatic heterocycles. The number of amides is 3. The first-order valence-electron chi connectivity index (χ1n) is 10.5. The third kappa shape index (κ3) is 6.15. The Morgan fingerprint density at radius 3 is 2.33 bits per heavy atom. The van der Waals surface area contributed by atoms with Crippen LogP contribution in [0.5, 0.6) is 0 Å². The number of carbonyl (C=O) groups is 4. The van der Waals surface area contributed by atoms with Crippen molar-refractivity contribution in [3.63, 3.8) is 0 Å². The average Bonchev–Trinajstić information content (AvgIpc) is 2.69. The Morgan fingerprint density at radius 1 is 1.03 bits per heavy atom. The first-order chi connectivity index (χ1) is 14.2. The summed E-state index contributed by atoms with van der Waals surface area (Å²) in [6, 6.07) is -1.98. The Hall–Kier alpha value is -2.69. The molecule has 11 heteroatoms. The number of aliphatic imine (C=N–C) groups is 1. The van der Waals surface area contributed by atoms with Gasteiger partial charge in [0.25, 0.3) is 0 Å². The van der Waals surface area contributed by atoms with Crippen molar-refractivity contribution in [1.82, 2.24) is 16.0 Å². The van der Waals surface area contributed by atoms with Gasteiger partial charge >= 0.3 is 0 Å². The number of piperidine rings is 1. The number of ketones is 1. The predicted octanol–water partition coefficient (Wildman–Crippen LogP) is -2.14. The second kappa shape index (κ2) is 10.9. The molecule has 9 N–H and O–H groups in total. The van der Waals surface area contributed by atoms with E-state index in [-0.39, 0.29) is 30.1 Å². The molecule has 0 aliphatic carbocycles. The summed E-state index contributed by atoms with van der Waals surface area (Å²) in [5.74, 6) is -2.98. The van der Waals surface area contributed by atoms with Crippen molar-refractivity contribution in [3.8, 4) is 0 Å². The Balaban J connectivity index is 2.08. The minimum atomic E-state index is -0.912. The second-order valence-corrected chi connectivity index (χ2v) is 7.93. The zero-order chi connectivity index (χ0) is 22.3. The number of nitrogens with two attached hydrogens (primary N) is 3. The number of hydrogen-bond acceptors (Lipinski definition) is 6. The molecule has 2 heterocycles. The molecule has 0 saturated carbocycles. The zero-order valence-electron chi connectivity index (χ0n) is 17.4. The number of hydrogen-bond donors (Lipinski definition) is 6. The number of rotatable bonds is 10. The van der Waals surface area contributed by atoms with Crippen LogP contribution in [0.15, 0.2) is 4.99 Å². The third-order valence-corrected chi connectivity index (χ3v) is 5.70. The van der Waals surface area contributed by atoms with Crippen LogP contribution >= 0.6 is 0 Å². The van der Waals surface area contributed by atoms with Gasteiger partial charge in [0, 0.05) is 24.9 Å². The Kier molecular flexibility index (Phi) is 8.58. The Morgan fingerprint density at radius 2 is 1.73 bits per heavy atom. The van der Waals surface area contributed by atoms with Crippen LogP contribution in [0.4, 0.5) is 0 Å². The summed E-state index contributed by atoms with van der Waals surface area (Å²) in [7, 11) is 0. The topological polar surface area (TPSA) is 195 Å². The van der Waals surface area contributed by atoms with Gasteiger partial charge in [-0.25, -0.2) is 0 Å². The van der Waals surface area contributed by atoms with E-state index in [9.17, 15) is 19.2 Å². The van der Waals surface area contributed by atoms with Crippen molar-refractivity contribution in [2.75, 3.05) is 13.1 Å². The first-order valence-corrected chi connectivity index (χ1v) is 10.5. The van der Waals surface area contributed by atoms with E-state index in [1.54, 1.807) is 0 Å². The van der Waals surface area contributed by atoms with Crippen molar-refractivity contribution in [3.05, 3.63) is 0 Å². The second-order valence-electron chi connectivity index (χ2n) is 7.93. The molecule has 2 aliphatic rings. The summed E-state index contributed by atoms with van der Waals surface area (Å²) in [5, 5.41) is 8.50. The fourth-order valence-electron chi connectivity index (χ4n) is 4.04. The van der Waals surface area contributed by atoms with E-state index in [0.29, 0.717) is 32.4 Å². The highest BCUT2D eigenvalue weighted by Gasteiger charge is 2.45. The molecule has 0 aromatic carbocycles. The molecule has 0 radical (unpaired) electrons. The molecule has 2 fully saturated rings. The smallest absolute Gasteiger partial charge is 0.240 e. The molecule has 0 aromatic heterocycles. The lowest BCUT2D eigenvalue weighted by Crippen LogP contribution is -2.64. The van der Waals surface area contributed by atoms with Gasteiger partial charge in [-0.2, -0.15) is 0 Å². The maximum Gasteiger partial charge on any atom is 0.240 e. The maximum atomic E-state index is 13.2. The fourth-order valence-corrected chi connectivity index (χ4v) is 4.04. The van der Waals surface area contributed by atoms with E-state index in [1.165, 1.54) is 0 Å². The first kappa shape index (κ1) is 23.6. The minimum Gasteiger partial charge on any atom is -0.370 e. The van der Waals surface area contributed by atoms with E-state index in [2.05, 4.69) is 20.9 Å². The van der Waals surface area contributed by atoms with Gasteiger partial charge in [0.05, 0.1) is 6.04 Å². The normalized spacial score (nSPS) is 28.9. The number of nitrogens with zero attached hydrogens (tertiary/aromatic N) is 1. The SMILES string of the molecule is CCCC[C@@H]1NC[C@@H](C(=O)C2C[C@@H](C(N)=O)NC(=O)[C@@H]2CCCN=C(N)N)NC1=O. The maximum absolute atomic E-state index is 13.2. The fraction of sp³-hybridized carbons (Fsp3) is 0.737. The van der Waals surface area contributed by atoms with Gasteiger partial charge in [-0.15, -0.1) is 0 Å². The molecular formula is C19H33N7O4. The van der Waals surface area contributed by atoms with Crippen LogP contribution in [-0.4, -0.2) is 60.7 Å². The number of primary amides is 1. The highest BCUT2D eigenvalue weighted by Crippen LogP contribution is 2.29. The molecule has 2 rings (SSSR count). The van der Waals surface area contributed by atoms with Gasteiger partial charge < -0.3 is 33.2 Å². The molecule has 30 heavy (non-hydrogen) atoms. The van der Waals surface area contributed by atoms with Crippen molar-refractivity contribution in [2.45, 2.75) is 63.6 Å². The molecular weight excluding hydrogens is 390 g/mol. The quantitative estimate of drug-likeness (QED) is 0.131. The van der Waals surface area contributed by atoms with Crippen LogP contribution in [0.2, 0.25) is 0 Å². The van der Waals surface area contributed by atoms with E-state index < -0.39 is 35.7 Å². The van der Waals surface area contributed by atoms with Gasteiger partial charge in [-0.3, -0.25) is 24.2 Å². The van der Waals surface area contributed by atoms with Crippen LogP contribution in [0, 0.1) is 11.8 Å². The molecule has 1 unspecified atom stereocenters. The summed E-state index contributed by atoms with van der Waals surface area (Å²) in [6.45, 7) is 2.66. The molecule has 0 spiro atoms.